The maximum Gasteiger partial charge on any atom is 0.408 e. The molecule has 0 aromatic heterocycles. The maximum atomic E-state index is 13.3. The number of anilines is 1. The number of halogens is 3. The van der Waals surface area contributed by atoms with Crippen molar-refractivity contribution >= 4 is 11.7 Å². The summed E-state index contributed by atoms with van der Waals surface area (Å²) in [4.78, 5) is 14.7. The van der Waals surface area contributed by atoms with Crippen LogP contribution in [0.3, 0.4) is 0 Å². The molecule has 0 bridgehead atoms. The van der Waals surface area contributed by atoms with Crippen LogP contribution in [0.2, 0.25) is 0 Å². The van der Waals surface area contributed by atoms with Crippen molar-refractivity contribution < 1.29 is 32.2 Å². The van der Waals surface area contributed by atoms with E-state index in [0.29, 0.717) is 42.4 Å². The summed E-state index contributed by atoms with van der Waals surface area (Å²) in [5.74, 6) is 1.62. The first-order chi connectivity index (χ1) is 19.4. The van der Waals surface area contributed by atoms with E-state index in [9.17, 15) is 18.0 Å². The summed E-state index contributed by atoms with van der Waals surface area (Å²) in [6, 6.07) is 11.8. The zero-order valence-corrected chi connectivity index (χ0v) is 23.9. The number of hydrogen-bond donors (Lipinski definition) is 2. The van der Waals surface area contributed by atoms with E-state index in [1.807, 2.05) is 56.3 Å². The van der Waals surface area contributed by atoms with Crippen LogP contribution in [0, 0.1) is 13.8 Å². The lowest BCUT2D eigenvalue weighted by Gasteiger charge is -2.39. The second-order valence-corrected chi connectivity index (χ2v) is 10.3. The third-order valence-corrected chi connectivity index (χ3v) is 7.41. The molecule has 3 aromatic carbocycles. The summed E-state index contributed by atoms with van der Waals surface area (Å²) < 4.78 is 56.9. The molecule has 1 aliphatic rings. The van der Waals surface area contributed by atoms with Gasteiger partial charge in [0.15, 0.2) is 11.5 Å². The van der Waals surface area contributed by atoms with Gasteiger partial charge in [-0.3, -0.25) is 0 Å². The predicted molar refractivity (Wildman–Crippen MR) is 152 cm³/mol. The van der Waals surface area contributed by atoms with Gasteiger partial charge in [-0.25, -0.2) is 4.79 Å². The number of carbonyl (C=O) groups is 1. The van der Waals surface area contributed by atoms with Crippen LogP contribution in [0.1, 0.15) is 46.3 Å². The number of nitrogen functional groups attached to an aromatic ring is 1. The number of alkyl halides is 3. The van der Waals surface area contributed by atoms with Gasteiger partial charge in [0, 0.05) is 13.0 Å². The number of nitrogens with two attached hydrogens (primary N) is 1. The lowest BCUT2D eigenvalue weighted by atomic mass is 9.85. The number of benzene rings is 3. The molecule has 1 heterocycles. The average molecular weight is 572 g/mol. The Labute approximate surface area is 238 Å². The largest absolute Gasteiger partial charge is 0.495 e. The first-order valence-corrected chi connectivity index (χ1v) is 13.4. The highest BCUT2D eigenvalue weighted by atomic mass is 19.4. The number of nitrogens with one attached hydrogen (secondary N) is 1. The Morgan fingerprint density at radius 2 is 1.76 bits per heavy atom. The van der Waals surface area contributed by atoms with Gasteiger partial charge in [0.1, 0.15) is 11.8 Å². The number of fused-ring (bicyclic) bond motifs is 1. The van der Waals surface area contributed by atoms with Crippen molar-refractivity contribution in [3.8, 4) is 17.2 Å². The van der Waals surface area contributed by atoms with E-state index < -0.39 is 24.3 Å². The molecule has 220 valence electrons. The molecule has 41 heavy (non-hydrogen) atoms. The molecule has 2 atom stereocenters. The molecule has 0 spiro atoms. The molecule has 0 aliphatic carbocycles. The topological polar surface area (TPSA) is 86.0 Å². The normalized spacial score (nSPS) is 15.6. The van der Waals surface area contributed by atoms with E-state index in [1.165, 1.54) is 4.90 Å². The summed E-state index contributed by atoms with van der Waals surface area (Å²) >= 11 is 0. The molecular weight excluding hydrogens is 535 g/mol. The van der Waals surface area contributed by atoms with Gasteiger partial charge < -0.3 is 30.2 Å². The highest BCUT2D eigenvalue weighted by molar-refractivity contribution is 5.77. The van der Waals surface area contributed by atoms with E-state index in [-0.39, 0.29) is 6.54 Å². The molecule has 3 N–H and O–H groups in total. The van der Waals surface area contributed by atoms with Crippen LogP contribution in [0.25, 0.3) is 0 Å². The SMILES string of the molecule is COc1ccc(CCOc2cc3c(cc2OC)CCN(C(=O)N[C@@H](C)C(F)(F)F)C3c2ccc(C)cc2C)cc1N. The first-order valence-electron chi connectivity index (χ1n) is 13.4. The second-order valence-electron chi connectivity index (χ2n) is 10.3. The molecular formula is C31H36F3N3O4. The zero-order valence-electron chi connectivity index (χ0n) is 23.9. The molecule has 0 radical (unpaired) electrons. The smallest absolute Gasteiger partial charge is 0.408 e. The number of amides is 2. The number of ether oxygens (including phenoxy) is 3. The average Bonchev–Trinajstić information content (AvgIpc) is 2.92. The highest BCUT2D eigenvalue weighted by Crippen LogP contribution is 2.42. The molecule has 2 amide bonds. The molecule has 7 nitrogen and oxygen atoms in total. The Morgan fingerprint density at radius 3 is 2.39 bits per heavy atom. The fourth-order valence-electron chi connectivity index (χ4n) is 5.15. The second kappa shape index (κ2) is 12.2. The molecule has 1 unspecified atom stereocenters. The Bertz CT molecular complexity index is 1410. The van der Waals surface area contributed by atoms with Gasteiger partial charge in [-0.2, -0.15) is 13.2 Å². The quantitative estimate of drug-likeness (QED) is 0.318. The van der Waals surface area contributed by atoms with Crippen LogP contribution < -0.4 is 25.3 Å². The molecule has 3 aromatic rings. The summed E-state index contributed by atoms with van der Waals surface area (Å²) in [7, 11) is 3.12. The minimum atomic E-state index is -4.55. The van der Waals surface area contributed by atoms with E-state index in [1.54, 1.807) is 20.3 Å². The standard InChI is InChI=1S/C31H36F3N3O4/c1-18-6-8-23(19(2)14-18)29-24-17-28(41-13-11-21-7-9-26(39-4)25(35)15-21)27(40-5)16-22(24)10-12-37(29)30(38)36-20(3)31(32,33)34/h6-9,14-17,20,29H,10-13,35H2,1-5H3,(H,36,38)/t20-,29?/m0/s1. The Morgan fingerprint density at radius 1 is 1.02 bits per heavy atom. The number of aryl methyl sites for hydroxylation is 2. The molecule has 1 aliphatic heterocycles. The minimum absolute atomic E-state index is 0.240. The van der Waals surface area contributed by atoms with Crippen LogP contribution >= 0.6 is 0 Å². The van der Waals surface area contributed by atoms with Crippen LogP contribution in [0.15, 0.2) is 48.5 Å². The van der Waals surface area contributed by atoms with Crippen molar-refractivity contribution in [2.24, 2.45) is 0 Å². The lowest BCUT2D eigenvalue weighted by Crippen LogP contribution is -2.52. The van der Waals surface area contributed by atoms with Crippen LogP contribution in [0.4, 0.5) is 23.7 Å². The maximum absolute atomic E-state index is 13.3. The predicted octanol–water partition coefficient (Wildman–Crippen LogP) is 6.13. The van der Waals surface area contributed by atoms with Crippen molar-refractivity contribution in [1.29, 1.82) is 0 Å². The van der Waals surface area contributed by atoms with Gasteiger partial charge in [-0.1, -0.05) is 29.8 Å². The molecule has 0 saturated heterocycles. The van der Waals surface area contributed by atoms with Crippen molar-refractivity contribution in [2.75, 3.05) is 33.1 Å². The fraction of sp³-hybridized carbons (Fsp3) is 0.387. The Hall–Kier alpha value is -4.08. The third kappa shape index (κ3) is 6.64. The fourth-order valence-corrected chi connectivity index (χ4v) is 5.15. The number of urea groups is 1. The summed E-state index contributed by atoms with van der Waals surface area (Å²) in [6.07, 6.45) is -3.54. The van der Waals surface area contributed by atoms with Crippen molar-refractivity contribution in [1.82, 2.24) is 10.2 Å². The molecule has 4 rings (SSSR count). The first kappa shape index (κ1) is 29.9. The van der Waals surface area contributed by atoms with Crippen LogP contribution in [0.5, 0.6) is 17.2 Å². The summed E-state index contributed by atoms with van der Waals surface area (Å²) in [5, 5.41) is 2.14. The van der Waals surface area contributed by atoms with Crippen LogP contribution in [-0.4, -0.2) is 50.5 Å². The molecule has 10 heteroatoms. The van der Waals surface area contributed by atoms with E-state index in [0.717, 1.165) is 40.3 Å². The van der Waals surface area contributed by atoms with Crippen molar-refractivity contribution in [3.05, 3.63) is 81.9 Å². The van der Waals surface area contributed by atoms with Gasteiger partial charge in [0.2, 0.25) is 0 Å². The van der Waals surface area contributed by atoms with Gasteiger partial charge in [-0.15, -0.1) is 0 Å². The van der Waals surface area contributed by atoms with E-state index in [4.69, 9.17) is 19.9 Å². The Balaban J connectivity index is 1.68. The highest BCUT2D eigenvalue weighted by Gasteiger charge is 2.40. The molecule has 0 saturated carbocycles. The van der Waals surface area contributed by atoms with Gasteiger partial charge in [0.05, 0.1) is 32.6 Å². The van der Waals surface area contributed by atoms with E-state index in [2.05, 4.69) is 5.32 Å². The summed E-state index contributed by atoms with van der Waals surface area (Å²) in [5.41, 5.74) is 12.1. The third-order valence-electron chi connectivity index (χ3n) is 7.41. The number of methoxy groups -OCH3 is 2. The molecule has 0 fully saturated rings. The monoisotopic (exact) mass is 571 g/mol. The van der Waals surface area contributed by atoms with E-state index >= 15 is 0 Å². The minimum Gasteiger partial charge on any atom is -0.495 e. The number of hydrogen-bond acceptors (Lipinski definition) is 5. The van der Waals surface area contributed by atoms with Crippen LogP contribution in [-0.2, 0) is 12.8 Å². The van der Waals surface area contributed by atoms with Gasteiger partial charge in [-0.05, 0) is 79.3 Å². The van der Waals surface area contributed by atoms with Gasteiger partial charge in [0.25, 0.3) is 0 Å². The van der Waals surface area contributed by atoms with Crippen molar-refractivity contribution in [2.45, 2.75) is 51.9 Å². The summed E-state index contributed by atoms with van der Waals surface area (Å²) in [6.45, 7) is 5.40. The number of rotatable bonds is 8. The number of nitrogens with zero attached hydrogens (tertiary/aromatic N) is 1. The van der Waals surface area contributed by atoms with Gasteiger partial charge >= 0.3 is 12.2 Å². The number of carbonyl (C=O) groups excluding carboxylic acids is 1. The van der Waals surface area contributed by atoms with Crippen molar-refractivity contribution in [3.63, 3.8) is 0 Å². The lowest BCUT2D eigenvalue weighted by molar-refractivity contribution is -0.149. The zero-order chi connectivity index (χ0) is 29.9. The Kier molecular flexibility index (Phi) is 8.89.